The summed E-state index contributed by atoms with van der Waals surface area (Å²) in [6.45, 7) is 0.706. The molecule has 1 saturated carbocycles. The van der Waals surface area contributed by atoms with Crippen LogP contribution in [0.1, 0.15) is 46.7 Å². The molecule has 0 radical (unpaired) electrons. The van der Waals surface area contributed by atoms with Crippen molar-refractivity contribution in [3.05, 3.63) is 21.9 Å². The van der Waals surface area contributed by atoms with E-state index in [2.05, 4.69) is 11.8 Å². The summed E-state index contributed by atoms with van der Waals surface area (Å²) in [6, 6.07) is 3.67. The van der Waals surface area contributed by atoms with Crippen LogP contribution in [0.25, 0.3) is 0 Å². The van der Waals surface area contributed by atoms with E-state index in [1.807, 2.05) is 24.1 Å². The third kappa shape index (κ3) is 4.09. The van der Waals surface area contributed by atoms with Crippen LogP contribution in [0.2, 0.25) is 0 Å². The molecule has 20 heavy (non-hydrogen) atoms. The van der Waals surface area contributed by atoms with Crippen molar-refractivity contribution >= 4 is 17.2 Å². The lowest BCUT2D eigenvalue weighted by Gasteiger charge is -2.26. The first kappa shape index (κ1) is 15.1. The number of carbonyl (C=O) groups excluding carboxylic acids is 1. The standard InChI is InChI=1S/C16H21NO2S/c1-17(12-13-6-3-2-4-7-13)16(19)15-10-9-14(20-15)8-5-11-18/h9-10,13,18H,2-4,6-7,11-12H2,1H3. The summed E-state index contributed by atoms with van der Waals surface area (Å²) in [5.74, 6) is 6.18. The molecule has 0 unspecified atom stereocenters. The first-order chi connectivity index (χ1) is 9.70. The number of thiophene rings is 1. The fourth-order valence-corrected chi connectivity index (χ4v) is 3.55. The predicted octanol–water partition coefficient (Wildman–Crippen LogP) is 2.74. The van der Waals surface area contributed by atoms with E-state index in [1.54, 1.807) is 0 Å². The fraction of sp³-hybridized carbons (Fsp3) is 0.562. The van der Waals surface area contributed by atoms with E-state index in [0.717, 1.165) is 16.3 Å². The zero-order chi connectivity index (χ0) is 14.4. The molecule has 0 bridgehead atoms. The maximum atomic E-state index is 12.3. The van der Waals surface area contributed by atoms with Crippen LogP contribution in [-0.2, 0) is 0 Å². The zero-order valence-electron chi connectivity index (χ0n) is 11.9. The van der Waals surface area contributed by atoms with Gasteiger partial charge in [0, 0.05) is 13.6 Å². The molecule has 0 atom stereocenters. The summed E-state index contributed by atoms with van der Waals surface area (Å²) in [7, 11) is 1.88. The smallest absolute Gasteiger partial charge is 0.263 e. The molecule has 1 aliphatic carbocycles. The van der Waals surface area contributed by atoms with E-state index >= 15 is 0 Å². The lowest BCUT2D eigenvalue weighted by Crippen LogP contribution is -2.32. The van der Waals surface area contributed by atoms with Gasteiger partial charge in [-0.25, -0.2) is 0 Å². The summed E-state index contributed by atoms with van der Waals surface area (Å²) in [5.41, 5.74) is 0. The van der Waals surface area contributed by atoms with Crippen LogP contribution in [0.5, 0.6) is 0 Å². The van der Waals surface area contributed by atoms with Crippen molar-refractivity contribution in [1.82, 2.24) is 4.90 Å². The molecule has 3 nitrogen and oxygen atoms in total. The molecule has 1 aromatic heterocycles. The first-order valence-corrected chi connectivity index (χ1v) is 7.97. The minimum atomic E-state index is -0.150. The molecule has 1 amide bonds. The van der Waals surface area contributed by atoms with Gasteiger partial charge in [-0.2, -0.15) is 0 Å². The van der Waals surface area contributed by atoms with Gasteiger partial charge in [0.2, 0.25) is 0 Å². The van der Waals surface area contributed by atoms with Gasteiger partial charge in [0.15, 0.2) is 0 Å². The molecular formula is C16H21NO2S. The molecule has 2 rings (SSSR count). The molecule has 1 fully saturated rings. The normalized spacial score (nSPS) is 15.5. The minimum absolute atomic E-state index is 0.0811. The number of hydrogen-bond acceptors (Lipinski definition) is 3. The number of hydrogen-bond donors (Lipinski definition) is 1. The highest BCUT2D eigenvalue weighted by Gasteiger charge is 2.20. The molecule has 1 aromatic rings. The van der Waals surface area contributed by atoms with Gasteiger partial charge in [0.1, 0.15) is 6.61 Å². The Labute approximate surface area is 124 Å². The van der Waals surface area contributed by atoms with Crippen molar-refractivity contribution in [1.29, 1.82) is 0 Å². The largest absolute Gasteiger partial charge is 0.384 e. The maximum Gasteiger partial charge on any atom is 0.263 e. The number of aliphatic hydroxyl groups excluding tert-OH is 1. The van der Waals surface area contributed by atoms with Crippen LogP contribution in [0.15, 0.2) is 12.1 Å². The van der Waals surface area contributed by atoms with Crippen LogP contribution in [0.4, 0.5) is 0 Å². The quantitative estimate of drug-likeness (QED) is 0.870. The Kier molecular flexibility index (Phi) is 5.63. The molecule has 108 valence electrons. The first-order valence-electron chi connectivity index (χ1n) is 7.15. The van der Waals surface area contributed by atoms with Crippen molar-refractivity contribution in [3.8, 4) is 11.8 Å². The van der Waals surface area contributed by atoms with Gasteiger partial charge in [-0.1, -0.05) is 31.1 Å². The van der Waals surface area contributed by atoms with Gasteiger partial charge in [-0.3, -0.25) is 4.79 Å². The van der Waals surface area contributed by atoms with Gasteiger partial charge >= 0.3 is 0 Å². The third-order valence-corrected chi connectivity index (χ3v) is 4.70. The van der Waals surface area contributed by atoms with Crippen molar-refractivity contribution in [2.75, 3.05) is 20.2 Å². The summed E-state index contributed by atoms with van der Waals surface area (Å²) in [6.07, 6.45) is 6.43. The fourth-order valence-electron chi connectivity index (χ4n) is 2.67. The van der Waals surface area contributed by atoms with Gasteiger partial charge in [-0.05, 0) is 30.9 Å². The number of aliphatic hydroxyl groups is 1. The van der Waals surface area contributed by atoms with E-state index in [4.69, 9.17) is 5.11 Å². The van der Waals surface area contributed by atoms with Crippen LogP contribution >= 0.6 is 11.3 Å². The van der Waals surface area contributed by atoms with Gasteiger partial charge < -0.3 is 10.0 Å². The van der Waals surface area contributed by atoms with Gasteiger partial charge in [-0.15, -0.1) is 11.3 Å². The lowest BCUT2D eigenvalue weighted by atomic mass is 9.89. The molecule has 0 aromatic carbocycles. The summed E-state index contributed by atoms with van der Waals surface area (Å²) in [4.78, 5) is 15.7. The van der Waals surface area contributed by atoms with E-state index in [9.17, 15) is 4.79 Å². The second kappa shape index (κ2) is 7.47. The molecule has 4 heteroatoms. The molecule has 0 aliphatic heterocycles. The predicted molar refractivity (Wildman–Crippen MR) is 81.8 cm³/mol. The molecular weight excluding hydrogens is 270 g/mol. The SMILES string of the molecule is CN(CC1CCCCC1)C(=O)c1ccc(C#CCO)s1. The zero-order valence-corrected chi connectivity index (χ0v) is 12.7. The van der Waals surface area contributed by atoms with E-state index in [0.29, 0.717) is 5.92 Å². The average Bonchev–Trinajstić information content (AvgIpc) is 2.94. The monoisotopic (exact) mass is 291 g/mol. The van der Waals surface area contributed by atoms with E-state index in [1.165, 1.54) is 43.4 Å². The van der Waals surface area contributed by atoms with E-state index < -0.39 is 0 Å². The molecule has 0 saturated heterocycles. The molecule has 0 spiro atoms. The third-order valence-electron chi connectivity index (χ3n) is 3.71. The average molecular weight is 291 g/mol. The molecule has 1 aliphatic rings. The Morgan fingerprint density at radius 1 is 1.40 bits per heavy atom. The highest BCUT2D eigenvalue weighted by molar-refractivity contribution is 7.14. The van der Waals surface area contributed by atoms with Crippen LogP contribution < -0.4 is 0 Å². The Morgan fingerprint density at radius 2 is 2.15 bits per heavy atom. The number of nitrogens with zero attached hydrogens (tertiary/aromatic N) is 1. The van der Waals surface area contributed by atoms with Crippen LogP contribution in [-0.4, -0.2) is 36.1 Å². The highest BCUT2D eigenvalue weighted by Crippen LogP contribution is 2.25. The molecule has 1 N–H and O–H groups in total. The van der Waals surface area contributed by atoms with Crippen molar-refractivity contribution < 1.29 is 9.90 Å². The number of amides is 1. The Bertz CT molecular complexity index is 506. The lowest BCUT2D eigenvalue weighted by molar-refractivity contribution is 0.0765. The summed E-state index contributed by atoms with van der Waals surface area (Å²) in [5, 5.41) is 8.67. The maximum absolute atomic E-state index is 12.3. The topological polar surface area (TPSA) is 40.5 Å². The molecule has 1 heterocycles. The van der Waals surface area contributed by atoms with Gasteiger partial charge in [0.05, 0.1) is 9.75 Å². The van der Waals surface area contributed by atoms with E-state index in [-0.39, 0.29) is 12.5 Å². The Morgan fingerprint density at radius 3 is 2.85 bits per heavy atom. The van der Waals surface area contributed by atoms with Crippen molar-refractivity contribution in [2.45, 2.75) is 32.1 Å². The Balaban J connectivity index is 1.93. The van der Waals surface area contributed by atoms with Crippen molar-refractivity contribution in [3.63, 3.8) is 0 Å². The second-order valence-corrected chi connectivity index (χ2v) is 6.40. The van der Waals surface area contributed by atoms with Gasteiger partial charge in [0.25, 0.3) is 5.91 Å². The summed E-state index contributed by atoms with van der Waals surface area (Å²) < 4.78 is 0. The van der Waals surface area contributed by atoms with Crippen molar-refractivity contribution in [2.24, 2.45) is 5.92 Å². The number of rotatable bonds is 3. The summed E-state index contributed by atoms with van der Waals surface area (Å²) >= 11 is 1.40. The minimum Gasteiger partial charge on any atom is -0.384 e. The second-order valence-electron chi connectivity index (χ2n) is 5.31. The Hall–Kier alpha value is -1.31. The van der Waals surface area contributed by atoms with Crippen LogP contribution in [0.3, 0.4) is 0 Å². The van der Waals surface area contributed by atoms with Crippen LogP contribution in [0, 0.1) is 17.8 Å². The highest BCUT2D eigenvalue weighted by atomic mass is 32.1. The number of carbonyl (C=O) groups is 1.